The van der Waals surface area contributed by atoms with Crippen LogP contribution in [0.1, 0.15) is 36.2 Å². The van der Waals surface area contributed by atoms with Crippen LogP contribution in [0, 0.1) is 6.92 Å². The fourth-order valence-corrected chi connectivity index (χ4v) is 4.77. The van der Waals surface area contributed by atoms with Gasteiger partial charge in [0.2, 0.25) is 5.95 Å². The molecular formula is C27H31N7O3. The van der Waals surface area contributed by atoms with Crippen LogP contribution >= 0.6 is 0 Å². The standard InChI is InChI=1S/C27H31N7O3/c1-4-33(5-2)21-12-13-34(16-21)25(35)18-6-8-19(9-7-18)30-26-28-15-17(3)24(32-26)29-20-10-11-23-22(14-20)31-27(36)37-23/h6-11,14-15,21H,4-5,12-13,16H2,1-3H3,(H,31,36)(H2,28,29,30,32). The average molecular weight is 502 g/mol. The van der Waals surface area contributed by atoms with Crippen LogP contribution in [0.5, 0.6) is 0 Å². The number of likely N-dealkylation sites (tertiary alicyclic amines) is 1. The van der Waals surface area contributed by atoms with Gasteiger partial charge in [0.1, 0.15) is 5.82 Å². The first-order valence-corrected chi connectivity index (χ1v) is 12.6. The van der Waals surface area contributed by atoms with E-state index >= 15 is 0 Å². The first-order chi connectivity index (χ1) is 17.9. The molecule has 1 aliphatic rings. The zero-order valence-corrected chi connectivity index (χ0v) is 21.2. The molecule has 0 radical (unpaired) electrons. The SMILES string of the molecule is CCN(CC)C1CCN(C(=O)c2ccc(Nc3ncc(C)c(Nc4ccc5oc(=O)[nH]c5c4)n3)cc2)C1. The van der Waals surface area contributed by atoms with Crippen LogP contribution < -0.4 is 16.4 Å². The Hall–Kier alpha value is -4.18. The first kappa shape index (κ1) is 24.5. The third kappa shape index (κ3) is 5.34. The summed E-state index contributed by atoms with van der Waals surface area (Å²) in [5, 5.41) is 6.47. The summed E-state index contributed by atoms with van der Waals surface area (Å²) >= 11 is 0. The molecule has 192 valence electrons. The quantitative estimate of drug-likeness (QED) is 0.328. The van der Waals surface area contributed by atoms with Crippen molar-refractivity contribution in [3.05, 3.63) is 70.3 Å². The highest BCUT2D eigenvalue weighted by atomic mass is 16.4. The number of H-pyrrole nitrogens is 1. The van der Waals surface area contributed by atoms with Gasteiger partial charge < -0.3 is 20.0 Å². The Balaban J connectivity index is 1.25. The molecule has 1 aliphatic heterocycles. The number of oxazole rings is 1. The lowest BCUT2D eigenvalue weighted by molar-refractivity contribution is 0.0778. The van der Waals surface area contributed by atoms with Gasteiger partial charge in [-0.05, 0) is 68.9 Å². The second kappa shape index (κ2) is 10.4. The highest BCUT2D eigenvalue weighted by molar-refractivity contribution is 5.94. The van der Waals surface area contributed by atoms with Gasteiger partial charge in [0.25, 0.3) is 5.91 Å². The van der Waals surface area contributed by atoms with E-state index in [4.69, 9.17) is 4.42 Å². The molecule has 3 heterocycles. The van der Waals surface area contributed by atoms with Crippen LogP contribution in [0.2, 0.25) is 0 Å². The lowest BCUT2D eigenvalue weighted by atomic mass is 10.2. The van der Waals surface area contributed by atoms with E-state index in [0.29, 0.717) is 34.5 Å². The van der Waals surface area contributed by atoms with Crippen LogP contribution in [-0.4, -0.2) is 62.9 Å². The molecule has 0 saturated carbocycles. The molecule has 0 bridgehead atoms. The number of aromatic nitrogens is 3. The summed E-state index contributed by atoms with van der Waals surface area (Å²) in [5.41, 5.74) is 4.17. The maximum absolute atomic E-state index is 13.0. The van der Waals surface area contributed by atoms with Gasteiger partial charge in [-0.1, -0.05) is 13.8 Å². The molecule has 1 saturated heterocycles. The maximum atomic E-state index is 13.0. The molecule has 2 aromatic heterocycles. The minimum atomic E-state index is -0.492. The van der Waals surface area contributed by atoms with Gasteiger partial charge in [-0.25, -0.2) is 9.78 Å². The number of nitrogens with one attached hydrogen (secondary N) is 3. The highest BCUT2D eigenvalue weighted by Crippen LogP contribution is 2.24. The minimum absolute atomic E-state index is 0.0650. The second-order valence-electron chi connectivity index (χ2n) is 9.19. The number of carbonyl (C=O) groups excluding carboxylic acids is 1. The number of carbonyl (C=O) groups is 1. The van der Waals surface area contributed by atoms with Crippen LogP contribution in [-0.2, 0) is 0 Å². The summed E-state index contributed by atoms with van der Waals surface area (Å²) < 4.78 is 5.06. The molecule has 0 spiro atoms. The summed E-state index contributed by atoms with van der Waals surface area (Å²) in [6.45, 7) is 9.81. The number of aryl methyl sites for hydroxylation is 1. The van der Waals surface area contributed by atoms with E-state index in [1.165, 1.54) is 0 Å². The van der Waals surface area contributed by atoms with Crippen molar-refractivity contribution in [3.63, 3.8) is 0 Å². The van der Waals surface area contributed by atoms with E-state index in [0.717, 1.165) is 49.5 Å². The molecular weight excluding hydrogens is 470 g/mol. The topological polar surface area (TPSA) is 119 Å². The number of fused-ring (bicyclic) bond motifs is 1. The summed E-state index contributed by atoms with van der Waals surface area (Å²) in [5.74, 6) is 0.627. The predicted octanol–water partition coefficient (Wildman–Crippen LogP) is 4.26. The van der Waals surface area contributed by atoms with E-state index in [9.17, 15) is 9.59 Å². The summed E-state index contributed by atoms with van der Waals surface area (Å²) in [7, 11) is 0. The normalized spacial score (nSPS) is 15.5. The van der Waals surface area contributed by atoms with Gasteiger partial charge in [-0.15, -0.1) is 0 Å². The lowest BCUT2D eigenvalue weighted by Gasteiger charge is -2.26. The zero-order valence-electron chi connectivity index (χ0n) is 21.2. The Bertz CT molecular complexity index is 1460. The van der Waals surface area contributed by atoms with Crippen molar-refractivity contribution in [1.82, 2.24) is 24.8 Å². The molecule has 0 aliphatic carbocycles. The van der Waals surface area contributed by atoms with Gasteiger partial charge in [-0.2, -0.15) is 4.98 Å². The third-order valence-electron chi connectivity index (χ3n) is 6.82. The molecule has 1 fully saturated rings. The molecule has 3 N–H and O–H groups in total. The van der Waals surface area contributed by atoms with Gasteiger partial charge in [0.15, 0.2) is 5.58 Å². The lowest BCUT2D eigenvalue weighted by Crippen LogP contribution is -2.38. The summed E-state index contributed by atoms with van der Waals surface area (Å²) in [6.07, 6.45) is 2.75. The Morgan fingerprint density at radius 2 is 1.89 bits per heavy atom. The molecule has 4 aromatic rings. The molecule has 1 unspecified atom stereocenters. The summed E-state index contributed by atoms with van der Waals surface area (Å²) in [4.78, 5) is 40.5. The number of nitrogens with zero attached hydrogens (tertiary/aromatic N) is 4. The fraction of sp³-hybridized carbons (Fsp3) is 0.333. The molecule has 1 atom stereocenters. The second-order valence-corrected chi connectivity index (χ2v) is 9.19. The number of amides is 1. The smallest absolute Gasteiger partial charge is 0.408 e. The average Bonchev–Trinajstić information content (AvgIpc) is 3.53. The third-order valence-corrected chi connectivity index (χ3v) is 6.82. The Morgan fingerprint density at radius 3 is 2.65 bits per heavy atom. The zero-order chi connectivity index (χ0) is 25.9. The van der Waals surface area contributed by atoms with Crippen molar-refractivity contribution in [1.29, 1.82) is 0 Å². The Morgan fingerprint density at radius 1 is 1.14 bits per heavy atom. The number of benzene rings is 2. The predicted molar refractivity (Wildman–Crippen MR) is 144 cm³/mol. The van der Waals surface area contributed by atoms with Crippen LogP contribution in [0.3, 0.4) is 0 Å². The van der Waals surface area contributed by atoms with E-state index < -0.39 is 5.76 Å². The van der Waals surface area contributed by atoms with Gasteiger partial charge in [-0.3, -0.25) is 14.7 Å². The molecule has 1 amide bonds. The van der Waals surface area contributed by atoms with Crippen molar-refractivity contribution in [2.24, 2.45) is 0 Å². The van der Waals surface area contributed by atoms with Crippen molar-refractivity contribution in [3.8, 4) is 0 Å². The van der Waals surface area contributed by atoms with Gasteiger partial charge in [0, 0.05) is 47.8 Å². The molecule has 10 nitrogen and oxygen atoms in total. The largest absolute Gasteiger partial charge is 0.417 e. The number of likely N-dealkylation sites (N-methyl/N-ethyl adjacent to an activating group) is 1. The van der Waals surface area contributed by atoms with E-state index in [-0.39, 0.29) is 5.91 Å². The number of rotatable bonds is 8. The van der Waals surface area contributed by atoms with Gasteiger partial charge in [0.05, 0.1) is 5.52 Å². The van der Waals surface area contributed by atoms with E-state index in [1.807, 2.05) is 42.2 Å². The van der Waals surface area contributed by atoms with Crippen LogP contribution in [0.25, 0.3) is 11.1 Å². The van der Waals surface area contributed by atoms with Crippen molar-refractivity contribution in [2.75, 3.05) is 36.8 Å². The molecule has 5 rings (SSSR count). The van der Waals surface area contributed by atoms with Crippen LogP contribution in [0.15, 0.2) is 57.9 Å². The van der Waals surface area contributed by atoms with Gasteiger partial charge >= 0.3 is 5.76 Å². The fourth-order valence-electron chi connectivity index (χ4n) is 4.77. The number of hydrogen-bond donors (Lipinski definition) is 3. The van der Waals surface area contributed by atoms with Crippen molar-refractivity contribution < 1.29 is 9.21 Å². The molecule has 2 aromatic carbocycles. The molecule has 10 heteroatoms. The Kier molecular flexibility index (Phi) is 6.91. The number of hydrogen-bond acceptors (Lipinski definition) is 8. The van der Waals surface area contributed by atoms with E-state index in [2.05, 4.69) is 44.3 Å². The minimum Gasteiger partial charge on any atom is -0.408 e. The number of anilines is 4. The van der Waals surface area contributed by atoms with Crippen molar-refractivity contribution >= 4 is 40.1 Å². The van der Waals surface area contributed by atoms with Crippen LogP contribution in [0.4, 0.5) is 23.1 Å². The van der Waals surface area contributed by atoms with Crippen molar-refractivity contribution in [2.45, 2.75) is 33.2 Å². The highest BCUT2D eigenvalue weighted by Gasteiger charge is 2.29. The maximum Gasteiger partial charge on any atom is 0.417 e. The molecule has 37 heavy (non-hydrogen) atoms. The number of aromatic amines is 1. The Labute approximate surface area is 214 Å². The van der Waals surface area contributed by atoms with E-state index in [1.54, 1.807) is 18.3 Å². The first-order valence-electron chi connectivity index (χ1n) is 12.6. The monoisotopic (exact) mass is 501 g/mol. The summed E-state index contributed by atoms with van der Waals surface area (Å²) in [6, 6.07) is 13.2.